The number of hydrogen-bond acceptors (Lipinski definition) is 2. The van der Waals surface area contributed by atoms with E-state index in [0.29, 0.717) is 12.0 Å². The molecule has 0 aromatic carbocycles. The fourth-order valence-electron chi connectivity index (χ4n) is 3.25. The van der Waals surface area contributed by atoms with Gasteiger partial charge < -0.3 is 10.6 Å². The molecule has 0 aromatic rings. The Kier molecular flexibility index (Phi) is 4.84. The molecule has 0 spiro atoms. The van der Waals surface area contributed by atoms with E-state index in [4.69, 9.17) is 0 Å². The first-order chi connectivity index (χ1) is 8.24. The molecule has 3 nitrogen and oxygen atoms in total. The molecular formula is C14H26N2O. The van der Waals surface area contributed by atoms with Gasteiger partial charge in [0.2, 0.25) is 5.91 Å². The largest absolute Gasteiger partial charge is 0.355 e. The SMILES string of the molecule is CC1CCCC(CC(=O)NCC2CCCN2)C1. The van der Waals surface area contributed by atoms with Crippen molar-refractivity contribution in [1.29, 1.82) is 0 Å². The lowest BCUT2D eigenvalue weighted by Crippen LogP contribution is -2.38. The fourth-order valence-corrected chi connectivity index (χ4v) is 3.25. The van der Waals surface area contributed by atoms with Crippen LogP contribution in [0.15, 0.2) is 0 Å². The smallest absolute Gasteiger partial charge is 0.220 e. The zero-order chi connectivity index (χ0) is 12.1. The van der Waals surface area contributed by atoms with Gasteiger partial charge in [0.05, 0.1) is 0 Å². The van der Waals surface area contributed by atoms with Crippen LogP contribution in [0, 0.1) is 11.8 Å². The summed E-state index contributed by atoms with van der Waals surface area (Å²) in [6.07, 6.45) is 8.36. The summed E-state index contributed by atoms with van der Waals surface area (Å²) in [5, 5.41) is 6.49. The van der Waals surface area contributed by atoms with Gasteiger partial charge in [-0.15, -0.1) is 0 Å². The van der Waals surface area contributed by atoms with Gasteiger partial charge in [-0.1, -0.05) is 19.8 Å². The predicted octanol–water partition coefficient (Wildman–Crippen LogP) is 2.07. The second kappa shape index (κ2) is 6.39. The van der Waals surface area contributed by atoms with E-state index in [-0.39, 0.29) is 5.91 Å². The number of hydrogen-bond donors (Lipinski definition) is 2. The topological polar surface area (TPSA) is 41.1 Å². The number of rotatable bonds is 4. The Balaban J connectivity index is 1.62. The molecule has 2 N–H and O–H groups in total. The second-order valence-corrected chi connectivity index (χ2v) is 5.94. The third-order valence-corrected chi connectivity index (χ3v) is 4.23. The summed E-state index contributed by atoms with van der Waals surface area (Å²) in [5.74, 6) is 1.71. The van der Waals surface area contributed by atoms with Crippen LogP contribution >= 0.6 is 0 Å². The minimum atomic E-state index is 0.262. The molecule has 0 radical (unpaired) electrons. The molecule has 3 unspecified atom stereocenters. The lowest BCUT2D eigenvalue weighted by molar-refractivity contribution is -0.122. The molecule has 2 aliphatic rings. The molecule has 1 amide bonds. The van der Waals surface area contributed by atoms with Gasteiger partial charge in [-0.05, 0) is 44.1 Å². The number of amides is 1. The van der Waals surface area contributed by atoms with E-state index >= 15 is 0 Å². The highest BCUT2D eigenvalue weighted by Crippen LogP contribution is 2.30. The van der Waals surface area contributed by atoms with Crippen LogP contribution in [0.2, 0.25) is 0 Å². The van der Waals surface area contributed by atoms with Crippen LogP contribution in [0.5, 0.6) is 0 Å². The van der Waals surface area contributed by atoms with E-state index in [2.05, 4.69) is 17.6 Å². The van der Waals surface area contributed by atoms with E-state index < -0.39 is 0 Å². The Labute approximate surface area is 105 Å². The van der Waals surface area contributed by atoms with E-state index in [9.17, 15) is 4.79 Å². The van der Waals surface area contributed by atoms with Gasteiger partial charge in [-0.25, -0.2) is 0 Å². The summed E-state index contributed by atoms with van der Waals surface area (Å²) in [6.45, 7) is 4.24. The molecule has 3 heteroatoms. The van der Waals surface area contributed by atoms with Gasteiger partial charge in [0, 0.05) is 19.0 Å². The molecule has 2 fully saturated rings. The second-order valence-electron chi connectivity index (χ2n) is 5.94. The maximum atomic E-state index is 11.8. The Morgan fingerprint density at radius 2 is 2.18 bits per heavy atom. The van der Waals surface area contributed by atoms with Crippen LogP contribution in [0.3, 0.4) is 0 Å². The molecule has 1 saturated heterocycles. The van der Waals surface area contributed by atoms with E-state index in [1.165, 1.54) is 38.5 Å². The van der Waals surface area contributed by atoms with E-state index in [0.717, 1.165) is 25.4 Å². The molecule has 1 saturated carbocycles. The normalized spacial score (nSPS) is 33.6. The van der Waals surface area contributed by atoms with Gasteiger partial charge in [0.15, 0.2) is 0 Å². The maximum Gasteiger partial charge on any atom is 0.220 e. The maximum absolute atomic E-state index is 11.8. The van der Waals surface area contributed by atoms with Gasteiger partial charge in [-0.2, -0.15) is 0 Å². The third kappa shape index (κ3) is 4.30. The number of nitrogens with one attached hydrogen (secondary N) is 2. The summed E-state index contributed by atoms with van der Waals surface area (Å²) in [4.78, 5) is 11.8. The lowest BCUT2D eigenvalue weighted by Gasteiger charge is -2.26. The summed E-state index contributed by atoms with van der Waals surface area (Å²) in [7, 11) is 0. The van der Waals surface area contributed by atoms with Crippen molar-refractivity contribution >= 4 is 5.91 Å². The summed E-state index contributed by atoms with van der Waals surface area (Å²) >= 11 is 0. The molecule has 3 atom stereocenters. The molecule has 0 aromatic heterocycles. The van der Waals surface area contributed by atoms with Crippen LogP contribution < -0.4 is 10.6 Å². The molecule has 0 bridgehead atoms. The molecular weight excluding hydrogens is 212 g/mol. The van der Waals surface area contributed by atoms with Crippen LogP contribution in [-0.2, 0) is 4.79 Å². The Hall–Kier alpha value is -0.570. The first-order valence-electron chi connectivity index (χ1n) is 7.24. The molecule has 2 rings (SSSR count). The highest BCUT2D eigenvalue weighted by molar-refractivity contribution is 5.76. The number of carbonyl (C=O) groups is 1. The highest BCUT2D eigenvalue weighted by Gasteiger charge is 2.22. The average molecular weight is 238 g/mol. The van der Waals surface area contributed by atoms with E-state index in [1.807, 2.05) is 0 Å². The van der Waals surface area contributed by atoms with Crippen molar-refractivity contribution in [3.05, 3.63) is 0 Å². The highest BCUT2D eigenvalue weighted by atomic mass is 16.1. The van der Waals surface area contributed by atoms with Gasteiger partial charge in [-0.3, -0.25) is 4.79 Å². The van der Waals surface area contributed by atoms with E-state index in [1.54, 1.807) is 0 Å². The van der Waals surface area contributed by atoms with Crippen LogP contribution in [0.4, 0.5) is 0 Å². The van der Waals surface area contributed by atoms with Crippen molar-refractivity contribution in [2.24, 2.45) is 11.8 Å². The summed E-state index contributed by atoms with van der Waals surface area (Å²) in [6, 6.07) is 0.518. The van der Waals surface area contributed by atoms with Crippen molar-refractivity contribution in [3.63, 3.8) is 0 Å². The van der Waals surface area contributed by atoms with Crippen molar-refractivity contribution in [2.75, 3.05) is 13.1 Å². The van der Waals surface area contributed by atoms with Crippen molar-refractivity contribution in [1.82, 2.24) is 10.6 Å². The van der Waals surface area contributed by atoms with Crippen LogP contribution in [0.25, 0.3) is 0 Å². The Bertz CT molecular complexity index is 249. The average Bonchev–Trinajstić information content (AvgIpc) is 2.79. The quantitative estimate of drug-likeness (QED) is 0.787. The van der Waals surface area contributed by atoms with Crippen molar-refractivity contribution in [3.8, 4) is 0 Å². The third-order valence-electron chi connectivity index (χ3n) is 4.23. The van der Waals surface area contributed by atoms with Crippen molar-refractivity contribution < 1.29 is 4.79 Å². The molecule has 1 aliphatic carbocycles. The molecule has 1 heterocycles. The monoisotopic (exact) mass is 238 g/mol. The van der Waals surface area contributed by atoms with Gasteiger partial charge in [0.1, 0.15) is 0 Å². The standard InChI is InChI=1S/C14H26N2O/c1-11-4-2-5-12(8-11)9-14(17)16-10-13-6-3-7-15-13/h11-13,15H,2-10H2,1H3,(H,16,17). The molecule has 17 heavy (non-hydrogen) atoms. The Morgan fingerprint density at radius 3 is 2.88 bits per heavy atom. The molecule has 98 valence electrons. The van der Waals surface area contributed by atoms with Crippen LogP contribution in [0.1, 0.15) is 51.9 Å². The van der Waals surface area contributed by atoms with Crippen molar-refractivity contribution in [2.45, 2.75) is 57.9 Å². The first kappa shape index (κ1) is 12.9. The fraction of sp³-hybridized carbons (Fsp3) is 0.929. The minimum absolute atomic E-state index is 0.262. The Morgan fingerprint density at radius 1 is 1.29 bits per heavy atom. The lowest BCUT2D eigenvalue weighted by atomic mass is 9.81. The molecule has 1 aliphatic heterocycles. The van der Waals surface area contributed by atoms with Gasteiger partial charge >= 0.3 is 0 Å². The van der Waals surface area contributed by atoms with Gasteiger partial charge in [0.25, 0.3) is 0 Å². The predicted molar refractivity (Wildman–Crippen MR) is 69.8 cm³/mol. The summed E-state index contributed by atoms with van der Waals surface area (Å²) < 4.78 is 0. The first-order valence-corrected chi connectivity index (χ1v) is 7.24. The minimum Gasteiger partial charge on any atom is -0.355 e. The summed E-state index contributed by atoms with van der Waals surface area (Å²) in [5.41, 5.74) is 0. The van der Waals surface area contributed by atoms with Crippen LogP contribution in [-0.4, -0.2) is 25.0 Å². The number of carbonyl (C=O) groups excluding carboxylic acids is 1. The zero-order valence-corrected chi connectivity index (χ0v) is 11.0. The zero-order valence-electron chi connectivity index (χ0n) is 11.0.